The Kier molecular flexibility index (Phi) is 13.4. The molecular weight excluding hydrogens is 631 g/mol. The van der Waals surface area contributed by atoms with E-state index in [1.54, 1.807) is 53.9 Å². The van der Waals surface area contributed by atoms with Crippen molar-refractivity contribution in [3.05, 3.63) is 53.1 Å². The number of ether oxygens (including phenoxy) is 4. The highest BCUT2D eigenvalue weighted by Crippen LogP contribution is 2.35. The van der Waals surface area contributed by atoms with Crippen molar-refractivity contribution in [2.24, 2.45) is 0 Å². The van der Waals surface area contributed by atoms with Gasteiger partial charge in [-0.2, -0.15) is 13.2 Å². The van der Waals surface area contributed by atoms with Crippen molar-refractivity contribution < 1.29 is 46.5 Å². The average Bonchev–Trinajstić information content (AvgIpc) is 3.39. The minimum absolute atomic E-state index is 0.0364. The van der Waals surface area contributed by atoms with E-state index >= 15 is 0 Å². The van der Waals surface area contributed by atoms with Crippen LogP contribution in [0.15, 0.2) is 36.4 Å². The molecule has 3 rings (SSSR count). The maximum Gasteiger partial charge on any atom is 0.422 e. The summed E-state index contributed by atoms with van der Waals surface area (Å²) in [5, 5.41) is 0. The maximum atomic E-state index is 13.4. The second-order valence-electron chi connectivity index (χ2n) is 12.9. The summed E-state index contributed by atoms with van der Waals surface area (Å²) < 4.78 is 59.7. The highest BCUT2D eigenvalue weighted by Gasteiger charge is 2.31. The molecule has 1 aliphatic heterocycles. The van der Waals surface area contributed by atoms with Crippen LogP contribution in [0.5, 0.6) is 11.5 Å². The van der Waals surface area contributed by atoms with Gasteiger partial charge >= 0.3 is 18.2 Å². The highest BCUT2D eigenvalue weighted by atomic mass is 19.4. The molecule has 0 fully saturated rings. The number of anilines is 1. The first-order valence-corrected chi connectivity index (χ1v) is 16.2. The van der Waals surface area contributed by atoms with Gasteiger partial charge in [0.05, 0.1) is 24.4 Å². The highest BCUT2D eigenvalue weighted by molar-refractivity contribution is 6.01. The molecule has 0 saturated heterocycles. The summed E-state index contributed by atoms with van der Waals surface area (Å²) in [5.74, 6) is -0.333. The molecule has 1 aliphatic rings. The Morgan fingerprint density at radius 3 is 2.29 bits per heavy atom. The molecule has 0 aromatic heterocycles. The molecule has 0 aliphatic carbocycles. The molecule has 2 aromatic rings. The minimum atomic E-state index is -4.51. The molecule has 0 bridgehead atoms. The van der Waals surface area contributed by atoms with Crippen LogP contribution in [-0.4, -0.2) is 99.1 Å². The van der Waals surface area contributed by atoms with Gasteiger partial charge in [0.1, 0.15) is 12.2 Å². The van der Waals surface area contributed by atoms with Gasteiger partial charge in [-0.05, 0) is 83.2 Å². The van der Waals surface area contributed by atoms with Crippen LogP contribution in [0.25, 0.3) is 0 Å². The van der Waals surface area contributed by atoms with E-state index in [0.717, 1.165) is 23.2 Å². The average molecular weight is 680 g/mol. The SMILES string of the molecule is CCOC(=O)CCCN1CCc2cc(C[C@@H](C)N(CCOc3ccccc3OCC(F)(F)F)C(=O)OC(C)(C)C)cc(C(=O)N(C)C)c21. The van der Waals surface area contributed by atoms with Crippen LogP contribution in [0.1, 0.15) is 68.9 Å². The number of benzene rings is 2. The Balaban J connectivity index is 1.81. The molecule has 1 atom stereocenters. The number of alkyl halides is 3. The van der Waals surface area contributed by atoms with Crippen LogP contribution in [0.4, 0.5) is 23.7 Å². The first-order valence-electron chi connectivity index (χ1n) is 16.2. The molecule has 0 N–H and O–H groups in total. The number of nitrogens with zero attached hydrogens (tertiary/aromatic N) is 3. The third-order valence-electron chi connectivity index (χ3n) is 7.49. The number of amides is 2. The van der Waals surface area contributed by atoms with Crippen molar-refractivity contribution in [2.45, 2.75) is 78.1 Å². The number of esters is 1. The molecule has 0 saturated carbocycles. The van der Waals surface area contributed by atoms with E-state index in [9.17, 15) is 27.6 Å². The van der Waals surface area contributed by atoms with Gasteiger partial charge in [-0.15, -0.1) is 0 Å². The predicted molar refractivity (Wildman–Crippen MR) is 176 cm³/mol. The van der Waals surface area contributed by atoms with Gasteiger partial charge in [-0.1, -0.05) is 18.2 Å². The van der Waals surface area contributed by atoms with Crippen LogP contribution < -0.4 is 14.4 Å². The Morgan fingerprint density at radius 1 is 1.02 bits per heavy atom. The zero-order chi connectivity index (χ0) is 35.6. The second kappa shape index (κ2) is 16.8. The van der Waals surface area contributed by atoms with Gasteiger partial charge in [0.2, 0.25) is 0 Å². The molecular formula is C35H48F3N3O7. The van der Waals surface area contributed by atoms with Crippen LogP contribution in [0.2, 0.25) is 0 Å². The van der Waals surface area contributed by atoms with Crippen molar-refractivity contribution >= 4 is 23.7 Å². The van der Waals surface area contributed by atoms with Crippen molar-refractivity contribution in [3.63, 3.8) is 0 Å². The van der Waals surface area contributed by atoms with Crippen molar-refractivity contribution in [2.75, 3.05) is 58.5 Å². The normalized spacial score (nSPS) is 13.4. The van der Waals surface area contributed by atoms with Gasteiger partial charge in [0, 0.05) is 39.6 Å². The number of para-hydroxylation sites is 2. The van der Waals surface area contributed by atoms with E-state index in [-0.39, 0.29) is 36.5 Å². The van der Waals surface area contributed by atoms with Crippen molar-refractivity contribution in [1.82, 2.24) is 9.80 Å². The fourth-order valence-corrected chi connectivity index (χ4v) is 5.45. The first-order chi connectivity index (χ1) is 22.5. The lowest BCUT2D eigenvalue weighted by molar-refractivity contribution is -0.153. The number of halogens is 3. The lowest BCUT2D eigenvalue weighted by atomic mass is 9.97. The van der Waals surface area contributed by atoms with Gasteiger partial charge < -0.3 is 33.6 Å². The number of carbonyl (C=O) groups excluding carboxylic acids is 3. The van der Waals surface area contributed by atoms with E-state index in [1.807, 2.05) is 13.0 Å². The van der Waals surface area contributed by atoms with E-state index in [4.69, 9.17) is 18.9 Å². The second-order valence-corrected chi connectivity index (χ2v) is 12.9. The molecule has 48 heavy (non-hydrogen) atoms. The molecule has 0 spiro atoms. The van der Waals surface area contributed by atoms with Gasteiger partial charge in [-0.25, -0.2) is 4.79 Å². The summed E-state index contributed by atoms with van der Waals surface area (Å²) in [5.41, 5.74) is 2.52. The molecule has 266 valence electrons. The van der Waals surface area contributed by atoms with Gasteiger partial charge in [-0.3, -0.25) is 9.59 Å². The zero-order valence-corrected chi connectivity index (χ0v) is 28.9. The summed E-state index contributed by atoms with van der Waals surface area (Å²) in [4.78, 5) is 43.9. The standard InChI is InChI=1S/C35H48F3N3O7/c1-8-45-30(42)14-11-16-40-17-15-26-21-25(22-27(31(26)40)32(43)39(6)7)20-24(2)41(33(44)48-34(3,4)5)18-19-46-28-12-9-10-13-29(28)47-23-35(36,37)38/h9-10,12-13,21-22,24H,8,11,14-20,23H2,1-7H3/t24-/m1/s1. The fraction of sp³-hybridized carbons (Fsp3) is 0.571. The molecule has 10 nitrogen and oxygen atoms in total. The summed E-state index contributed by atoms with van der Waals surface area (Å²) in [6.07, 6.45) is -3.06. The Labute approximate surface area is 281 Å². The van der Waals surface area contributed by atoms with E-state index < -0.39 is 30.5 Å². The third-order valence-corrected chi connectivity index (χ3v) is 7.49. The fourth-order valence-electron chi connectivity index (χ4n) is 5.45. The van der Waals surface area contributed by atoms with Crippen LogP contribution in [-0.2, 0) is 27.1 Å². The monoisotopic (exact) mass is 679 g/mol. The van der Waals surface area contributed by atoms with Gasteiger partial charge in [0.25, 0.3) is 5.91 Å². The van der Waals surface area contributed by atoms with E-state index in [1.165, 1.54) is 21.9 Å². The molecule has 0 unspecified atom stereocenters. The quantitative estimate of drug-likeness (QED) is 0.203. The van der Waals surface area contributed by atoms with E-state index in [0.29, 0.717) is 44.5 Å². The molecule has 2 aromatic carbocycles. The third kappa shape index (κ3) is 11.5. The molecule has 0 radical (unpaired) electrons. The summed E-state index contributed by atoms with van der Waals surface area (Å²) in [6, 6.07) is 9.57. The number of hydrogen-bond donors (Lipinski definition) is 0. The lowest BCUT2D eigenvalue weighted by Crippen LogP contribution is -2.45. The van der Waals surface area contributed by atoms with Gasteiger partial charge in [0.15, 0.2) is 18.1 Å². The van der Waals surface area contributed by atoms with Crippen LogP contribution >= 0.6 is 0 Å². The van der Waals surface area contributed by atoms with Crippen molar-refractivity contribution in [3.8, 4) is 11.5 Å². The van der Waals surface area contributed by atoms with Crippen LogP contribution in [0.3, 0.4) is 0 Å². The van der Waals surface area contributed by atoms with Crippen LogP contribution in [0, 0.1) is 0 Å². The van der Waals surface area contributed by atoms with E-state index in [2.05, 4.69) is 11.0 Å². The number of hydrogen-bond acceptors (Lipinski definition) is 8. The Morgan fingerprint density at radius 2 is 1.69 bits per heavy atom. The summed E-state index contributed by atoms with van der Waals surface area (Å²) in [6.45, 7) is 9.15. The molecule has 2 amide bonds. The number of carbonyl (C=O) groups is 3. The lowest BCUT2D eigenvalue weighted by Gasteiger charge is -2.32. The first kappa shape index (κ1) is 38.3. The largest absolute Gasteiger partial charge is 0.488 e. The topological polar surface area (TPSA) is 97.9 Å². The summed E-state index contributed by atoms with van der Waals surface area (Å²) >= 11 is 0. The number of fused-ring (bicyclic) bond motifs is 1. The Hall–Kier alpha value is -4.16. The molecule has 13 heteroatoms. The Bertz CT molecular complexity index is 1410. The molecule has 1 heterocycles. The zero-order valence-electron chi connectivity index (χ0n) is 28.9. The minimum Gasteiger partial charge on any atom is -0.488 e. The predicted octanol–water partition coefficient (Wildman–Crippen LogP) is 6.28. The van der Waals surface area contributed by atoms with Crippen molar-refractivity contribution in [1.29, 1.82) is 0 Å². The maximum absolute atomic E-state index is 13.4. The number of rotatable bonds is 15. The smallest absolute Gasteiger partial charge is 0.422 e. The summed E-state index contributed by atoms with van der Waals surface area (Å²) in [7, 11) is 3.39.